The van der Waals surface area contributed by atoms with Crippen molar-refractivity contribution in [2.75, 3.05) is 13.2 Å². The Kier molecular flexibility index (Phi) is 3.52. The molecule has 110 valence electrons. The molecule has 3 atom stereocenters. The Balaban J connectivity index is 1.88. The van der Waals surface area contributed by atoms with E-state index in [0.29, 0.717) is 12.3 Å². The summed E-state index contributed by atoms with van der Waals surface area (Å²) >= 11 is 0. The first-order valence-electron chi connectivity index (χ1n) is 7.01. The molecular formula is C15H19F2NO2. The van der Waals surface area contributed by atoms with E-state index in [1.54, 1.807) is 0 Å². The van der Waals surface area contributed by atoms with Gasteiger partial charge in [-0.1, -0.05) is 6.07 Å². The number of aliphatic hydroxyl groups excluding tert-OH is 1. The van der Waals surface area contributed by atoms with Crippen LogP contribution in [0.4, 0.5) is 8.78 Å². The van der Waals surface area contributed by atoms with Crippen LogP contribution in [0.25, 0.3) is 0 Å². The molecule has 0 aromatic heterocycles. The van der Waals surface area contributed by atoms with Crippen LogP contribution in [-0.4, -0.2) is 24.4 Å². The molecule has 0 spiro atoms. The average molecular weight is 283 g/mol. The van der Waals surface area contributed by atoms with Gasteiger partial charge >= 0.3 is 0 Å². The molecule has 3 nitrogen and oxygen atoms in total. The second kappa shape index (κ2) is 5.06. The fourth-order valence-electron chi connectivity index (χ4n) is 3.12. The van der Waals surface area contributed by atoms with Gasteiger partial charge in [0.05, 0.1) is 18.2 Å². The van der Waals surface area contributed by atoms with Crippen LogP contribution < -0.4 is 5.73 Å². The molecule has 2 aliphatic rings. The Bertz CT molecular complexity index is 507. The van der Waals surface area contributed by atoms with E-state index in [1.807, 2.05) is 0 Å². The number of hydrogen-bond acceptors (Lipinski definition) is 3. The number of rotatable bonds is 3. The van der Waals surface area contributed by atoms with Crippen molar-refractivity contribution in [3.05, 3.63) is 35.4 Å². The highest BCUT2D eigenvalue weighted by molar-refractivity contribution is 5.28. The molecule has 3 unspecified atom stereocenters. The van der Waals surface area contributed by atoms with Crippen molar-refractivity contribution in [1.29, 1.82) is 0 Å². The Morgan fingerprint density at radius 2 is 2.10 bits per heavy atom. The zero-order valence-corrected chi connectivity index (χ0v) is 11.2. The molecule has 1 aromatic rings. The molecule has 5 heteroatoms. The predicted octanol–water partition coefficient (Wildman–Crippen LogP) is 1.93. The van der Waals surface area contributed by atoms with Gasteiger partial charge in [0.1, 0.15) is 11.6 Å². The maximum Gasteiger partial charge on any atom is 0.131 e. The van der Waals surface area contributed by atoms with Crippen LogP contribution in [0.2, 0.25) is 0 Å². The lowest BCUT2D eigenvalue weighted by molar-refractivity contribution is -0.0843. The third-order valence-electron chi connectivity index (χ3n) is 4.58. The Labute approximate surface area is 116 Å². The van der Waals surface area contributed by atoms with Crippen LogP contribution in [0.5, 0.6) is 0 Å². The van der Waals surface area contributed by atoms with E-state index in [4.69, 9.17) is 10.5 Å². The van der Waals surface area contributed by atoms with Gasteiger partial charge in [0, 0.05) is 24.2 Å². The highest BCUT2D eigenvalue weighted by Gasteiger charge is 2.47. The van der Waals surface area contributed by atoms with Crippen LogP contribution in [0, 0.1) is 23.5 Å². The predicted molar refractivity (Wildman–Crippen MR) is 69.9 cm³/mol. The van der Waals surface area contributed by atoms with Gasteiger partial charge in [-0.3, -0.25) is 0 Å². The number of ether oxygens (including phenoxy) is 1. The van der Waals surface area contributed by atoms with Gasteiger partial charge in [0.2, 0.25) is 0 Å². The van der Waals surface area contributed by atoms with Gasteiger partial charge in [-0.05, 0) is 31.2 Å². The molecular weight excluding hydrogens is 264 g/mol. The van der Waals surface area contributed by atoms with E-state index in [0.717, 1.165) is 18.9 Å². The summed E-state index contributed by atoms with van der Waals surface area (Å²) in [7, 11) is 0. The van der Waals surface area contributed by atoms with E-state index < -0.39 is 17.2 Å². The summed E-state index contributed by atoms with van der Waals surface area (Å²) < 4.78 is 32.8. The van der Waals surface area contributed by atoms with Crippen LogP contribution >= 0.6 is 0 Å². The highest BCUT2D eigenvalue weighted by Crippen LogP contribution is 2.44. The smallest absolute Gasteiger partial charge is 0.131 e. The molecule has 2 fully saturated rings. The van der Waals surface area contributed by atoms with Gasteiger partial charge in [-0.25, -0.2) is 8.78 Å². The molecule has 1 saturated carbocycles. The molecule has 1 heterocycles. The first-order chi connectivity index (χ1) is 9.54. The summed E-state index contributed by atoms with van der Waals surface area (Å²) in [5.74, 6) is -1.05. The lowest BCUT2D eigenvalue weighted by Crippen LogP contribution is -2.55. The standard InChI is InChI=1S/C15H19F2NO2/c16-11-3-4-12(13(17)6-11)15(18)8-20-14(9-1-2-9)5-10(15)7-19/h3-4,6,9-10,14,19H,1-2,5,7-8,18H2. The van der Waals surface area contributed by atoms with Crippen LogP contribution in [0.3, 0.4) is 0 Å². The third kappa shape index (κ3) is 2.34. The van der Waals surface area contributed by atoms with Crippen molar-refractivity contribution in [2.45, 2.75) is 30.9 Å². The van der Waals surface area contributed by atoms with Crippen molar-refractivity contribution in [3.8, 4) is 0 Å². The lowest BCUT2D eigenvalue weighted by atomic mass is 9.74. The highest BCUT2D eigenvalue weighted by atomic mass is 19.1. The zero-order valence-electron chi connectivity index (χ0n) is 11.2. The Morgan fingerprint density at radius 1 is 1.35 bits per heavy atom. The minimum absolute atomic E-state index is 0.104. The summed E-state index contributed by atoms with van der Waals surface area (Å²) in [5.41, 5.74) is 5.44. The minimum Gasteiger partial charge on any atom is -0.396 e. The van der Waals surface area contributed by atoms with E-state index >= 15 is 0 Å². The van der Waals surface area contributed by atoms with Gasteiger partial charge < -0.3 is 15.6 Å². The molecule has 0 radical (unpaired) electrons. The molecule has 1 aliphatic heterocycles. The van der Waals surface area contributed by atoms with E-state index in [-0.39, 0.29) is 30.8 Å². The van der Waals surface area contributed by atoms with Crippen molar-refractivity contribution in [2.24, 2.45) is 17.6 Å². The average Bonchev–Trinajstić information content (AvgIpc) is 3.23. The molecule has 20 heavy (non-hydrogen) atoms. The van der Waals surface area contributed by atoms with Crippen molar-refractivity contribution in [3.63, 3.8) is 0 Å². The van der Waals surface area contributed by atoms with Gasteiger partial charge in [-0.2, -0.15) is 0 Å². The Morgan fingerprint density at radius 3 is 2.70 bits per heavy atom. The number of nitrogens with two attached hydrogens (primary N) is 1. The van der Waals surface area contributed by atoms with Crippen molar-refractivity contribution >= 4 is 0 Å². The largest absolute Gasteiger partial charge is 0.396 e. The fourth-order valence-corrected chi connectivity index (χ4v) is 3.12. The van der Waals surface area contributed by atoms with E-state index in [9.17, 15) is 13.9 Å². The molecule has 3 N–H and O–H groups in total. The molecule has 1 aromatic carbocycles. The second-order valence-electron chi connectivity index (χ2n) is 5.97. The molecule has 0 amide bonds. The summed E-state index contributed by atoms with van der Waals surface area (Å²) in [6.45, 7) is 0.0296. The zero-order chi connectivity index (χ0) is 14.3. The maximum atomic E-state index is 14.0. The Hall–Kier alpha value is -1.04. The van der Waals surface area contributed by atoms with Crippen LogP contribution in [-0.2, 0) is 10.3 Å². The van der Waals surface area contributed by atoms with Crippen molar-refractivity contribution in [1.82, 2.24) is 0 Å². The maximum absolute atomic E-state index is 14.0. The summed E-state index contributed by atoms with van der Waals surface area (Å²) in [5, 5.41) is 9.62. The normalized spacial score (nSPS) is 34.2. The number of hydrogen-bond donors (Lipinski definition) is 2. The van der Waals surface area contributed by atoms with E-state index in [1.165, 1.54) is 12.1 Å². The number of halogens is 2. The van der Waals surface area contributed by atoms with Gasteiger partial charge in [0.25, 0.3) is 0 Å². The first-order valence-corrected chi connectivity index (χ1v) is 7.01. The number of aliphatic hydroxyl groups is 1. The minimum atomic E-state index is -1.10. The molecule has 1 aliphatic carbocycles. The third-order valence-corrected chi connectivity index (χ3v) is 4.58. The van der Waals surface area contributed by atoms with Gasteiger partial charge in [-0.15, -0.1) is 0 Å². The SMILES string of the molecule is NC1(c2ccc(F)cc2F)COC(C2CC2)CC1CO. The van der Waals surface area contributed by atoms with Crippen LogP contribution in [0.15, 0.2) is 18.2 Å². The monoisotopic (exact) mass is 283 g/mol. The summed E-state index contributed by atoms with van der Waals surface area (Å²) in [6.07, 6.45) is 3.01. The second-order valence-corrected chi connectivity index (χ2v) is 5.97. The molecule has 0 bridgehead atoms. The fraction of sp³-hybridized carbons (Fsp3) is 0.600. The van der Waals surface area contributed by atoms with Gasteiger partial charge in [0.15, 0.2) is 0 Å². The quantitative estimate of drug-likeness (QED) is 0.891. The molecule has 3 rings (SSSR count). The number of benzene rings is 1. The first kappa shape index (κ1) is 13.9. The van der Waals surface area contributed by atoms with Crippen LogP contribution in [0.1, 0.15) is 24.8 Å². The topological polar surface area (TPSA) is 55.5 Å². The summed E-state index contributed by atoms with van der Waals surface area (Å²) in [4.78, 5) is 0. The lowest BCUT2D eigenvalue weighted by Gasteiger charge is -2.44. The summed E-state index contributed by atoms with van der Waals surface area (Å²) in [6, 6.07) is 3.37. The van der Waals surface area contributed by atoms with E-state index in [2.05, 4.69) is 0 Å². The molecule has 1 saturated heterocycles. The van der Waals surface area contributed by atoms with Crippen molar-refractivity contribution < 1.29 is 18.6 Å².